The van der Waals surface area contributed by atoms with Crippen molar-refractivity contribution in [1.29, 1.82) is 0 Å². The van der Waals surface area contributed by atoms with Crippen molar-refractivity contribution < 1.29 is 19.4 Å². The summed E-state index contributed by atoms with van der Waals surface area (Å²) in [7, 11) is 1.60. The van der Waals surface area contributed by atoms with Crippen molar-refractivity contribution in [3.63, 3.8) is 0 Å². The van der Waals surface area contributed by atoms with E-state index in [2.05, 4.69) is 34.4 Å². The van der Waals surface area contributed by atoms with Crippen LogP contribution in [-0.4, -0.2) is 59.3 Å². The molecule has 3 rings (SSSR count). The fraction of sp³-hybridized carbons (Fsp3) is 0.739. The third-order valence-electron chi connectivity index (χ3n) is 7.66. The van der Waals surface area contributed by atoms with E-state index in [-0.39, 0.29) is 46.9 Å². The monoisotopic (exact) mass is 432 g/mol. The highest BCUT2D eigenvalue weighted by Crippen LogP contribution is 2.55. The summed E-state index contributed by atoms with van der Waals surface area (Å²) in [5.41, 5.74) is 0.307. The van der Waals surface area contributed by atoms with Gasteiger partial charge in [-0.25, -0.2) is 4.98 Å². The number of hydrogen-bond donors (Lipinski definition) is 3. The molecule has 1 heterocycles. The van der Waals surface area contributed by atoms with E-state index in [1.165, 1.54) is 18.6 Å². The second-order valence-electron chi connectivity index (χ2n) is 9.51. The van der Waals surface area contributed by atoms with Crippen LogP contribution in [0.1, 0.15) is 56.9 Å². The van der Waals surface area contributed by atoms with Crippen LogP contribution in [0.5, 0.6) is 0 Å². The molecule has 8 heteroatoms. The summed E-state index contributed by atoms with van der Waals surface area (Å²) in [6.07, 6.45) is 7.52. The van der Waals surface area contributed by atoms with E-state index in [0.717, 1.165) is 25.7 Å². The fourth-order valence-electron chi connectivity index (χ4n) is 5.79. The van der Waals surface area contributed by atoms with E-state index in [9.17, 15) is 14.7 Å². The van der Waals surface area contributed by atoms with Gasteiger partial charge < -0.3 is 20.5 Å². The summed E-state index contributed by atoms with van der Waals surface area (Å²) in [6.45, 7) is 7.20. The lowest BCUT2D eigenvalue weighted by Gasteiger charge is -2.56. The summed E-state index contributed by atoms with van der Waals surface area (Å²) in [6, 6.07) is -0.0492. The van der Waals surface area contributed by atoms with Gasteiger partial charge in [0, 0.05) is 38.0 Å². The molecule has 2 fully saturated rings. The normalized spacial score (nSPS) is 33.8. The van der Waals surface area contributed by atoms with Crippen LogP contribution in [0.25, 0.3) is 0 Å². The number of methoxy groups -OCH3 is 1. The highest BCUT2D eigenvalue weighted by molar-refractivity contribution is 5.92. The standard InChI is InChI=1S/C23H36N4O4/c1-14(21(29)26-11-12-31-4)16-5-7-23(3)8-6-17(15(2)19(23)20(16)28)27-22(30)18-13-24-9-10-25-18/h9-10,13-17,19-20,28H,5-8,11-12H2,1-4H3,(H,26,29)(H,27,30). The third-order valence-corrected chi connectivity index (χ3v) is 7.66. The lowest BCUT2D eigenvalue weighted by Crippen LogP contribution is -2.58. The summed E-state index contributed by atoms with van der Waals surface area (Å²) in [5, 5.41) is 17.4. The topological polar surface area (TPSA) is 113 Å². The lowest BCUT2D eigenvalue weighted by atomic mass is 9.51. The van der Waals surface area contributed by atoms with Gasteiger partial charge in [-0.15, -0.1) is 0 Å². The summed E-state index contributed by atoms with van der Waals surface area (Å²) in [5.74, 6) is -0.556. The molecule has 7 unspecified atom stereocenters. The molecule has 31 heavy (non-hydrogen) atoms. The number of nitrogens with zero attached hydrogens (tertiary/aromatic N) is 2. The number of amides is 2. The van der Waals surface area contributed by atoms with Crippen LogP contribution in [0.15, 0.2) is 18.6 Å². The summed E-state index contributed by atoms with van der Waals surface area (Å²) < 4.78 is 5.00. The van der Waals surface area contributed by atoms with Gasteiger partial charge in [0.25, 0.3) is 5.91 Å². The van der Waals surface area contributed by atoms with Crippen LogP contribution in [0.2, 0.25) is 0 Å². The van der Waals surface area contributed by atoms with Gasteiger partial charge in [0.15, 0.2) is 0 Å². The molecule has 2 aliphatic carbocycles. The summed E-state index contributed by atoms with van der Waals surface area (Å²) in [4.78, 5) is 33.3. The first kappa shape index (κ1) is 23.6. The molecule has 0 bridgehead atoms. The molecule has 3 N–H and O–H groups in total. The molecule has 0 saturated heterocycles. The molecule has 8 nitrogen and oxygen atoms in total. The first-order valence-electron chi connectivity index (χ1n) is 11.3. The van der Waals surface area contributed by atoms with Crippen molar-refractivity contribution in [1.82, 2.24) is 20.6 Å². The molecule has 0 aromatic carbocycles. The first-order chi connectivity index (χ1) is 14.8. The Bertz CT molecular complexity index is 761. The van der Waals surface area contributed by atoms with Crippen molar-refractivity contribution in [2.24, 2.45) is 29.1 Å². The molecule has 172 valence electrons. The Labute approximate surface area is 184 Å². The quantitative estimate of drug-likeness (QED) is 0.566. The van der Waals surface area contributed by atoms with Crippen LogP contribution in [-0.2, 0) is 9.53 Å². The number of carbonyl (C=O) groups is 2. The number of aliphatic hydroxyl groups excluding tert-OH is 1. The minimum Gasteiger partial charge on any atom is -0.392 e. The molecule has 2 aliphatic rings. The number of hydrogen-bond acceptors (Lipinski definition) is 6. The number of rotatable bonds is 7. The van der Waals surface area contributed by atoms with Gasteiger partial charge in [-0.1, -0.05) is 20.8 Å². The Morgan fingerprint density at radius 2 is 2.06 bits per heavy atom. The second kappa shape index (κ2) is 10.0. The zero-order chi connectivity index (χ0) is 22.6. The van der Waals surface area contributed by atoms with Crippen molar-refractivity contribution in [3.8, 4) is 0 Å². The predicted molar refractivity (Wildman–Crippen MR) is 116 cm³/mol. The second-order valence-corrected chi connectivity index (χ2v) is 9.51. The maximum Gasteiger partial charge on any atom is 0.271 e. The number of fused-ring (bicyclic) bond motifs is 1. The molecule has 1 aromatic rings. The Morgan fingerprint density at radius 1 is 1.32 bits per heavy atom. The third kappa shape index (κ3) is 5.06. The molecule has 0 spiro atoms. The molecule has 2 amide bonds. The Morgan fingerprint density at radius 3 is 2.74 bits per heavy atom. The number of aromatic nitrogens is 2. The van der Waals surface area contributed by atoms with Crippen molar-refractivity contribution >= 4 is 11.8 Å². The minimum atomic E-state index is -0.590. The molecule has 2 saturated carbocycles. The van der Waals surface area contributed by atoms with Gasteiger partial charge in [-0.05, 0) is 48.9 Å². The van der Waals surface area contributed by atoms with E-state index >= 15 is 0 Å². The van der Waals surface area contributed by atoms with E-state index in [0.29, 0.717) is 18.8 Å². The van der Waals surface area contributed by atoms with E-state index in [1.54, 1.807) is 7.11 Å². The average molecular weight is 433 g/mol. The van der Waals surface area contributed by atoms with Gasteiger partial charge in [-0.2, -0.15) is 0 Å². The highest BCUT2D eigenvalue weighted by atomic mass is 16.5. The number of ether oxygens (including phenoxy) is 1. The zero-order valence-electron chi connectivity index (χ0n) is 19.0. The fourth-order valence-corrected chi connectivity index (χ4v) is 5.79. The summed E-state index contributed by atoms with van der Waals surface area (Å²) >= 11 is 0. The van der Waals surface area contributed by atoms with Crippen LogP contribution >= 0.6 is 0 Å². The van der Waals surface area contributed by atoms with Crippen LogP contribution in [0.4, 0.5) is 0 Å². The van der Waals surface area contributed by atoms with Gasteiger partial charge in [0.1, 0.15) is 5.69 Å². The average Bonchev–Trinajstić information content (AvgIpc) is 2.76. The van der Waals surface area contributed by atoms with Gasteiger partial charge in [-0.3, -0.25) is 14.6 Å². The Balaban J connectivity index is 1.70. The lowest BCUT2D eigenvalue weighted by molar-refractivity contribution is -0.142. The molecular formula is C23H36N4O4. The van der Waals surface area contributed by atoms with E-state index in [4.69, 9.17) is 4.74 Å². The maximum absolute atomic E-state index is 12.6. The van der Waals surface area contributed by atoms with Crippen molar-refractivity contribution in [2.45, 2.75) is 58.6 Å². The van der Waals surface area contributed by atoms with Crippen molar-refractivity contribution in [2.75, 3.05) is 20.3 Å². The van der Waals surface area contributed by atoms with Gasteiger partial charge in [0.2, 0.25) is 5.91 Å². The molecule has 0 aliphatic heterocycles. The molecule has 1 aromatic heterocycles. The van der Waals surface area contributed by atoms with Crippen LogP contribution in [0, 0.1) is 29.1 Å². The molecular weight excluding hydrogens is 396 g/mol. The Kier molecular flexibility index (Phi) is 7.64. The predicted octanol–water partition coefficient (Wildman–Crippen LogP) is 1.80. The van der Waals surface area contributed by atoms with E-state index in [1.807, 2.05) is 6.92 Å². The van der Waals surface area contributed by atoms with Crippen LogP contribution < -0.4 is 10.6 Å². The SMILES string of the molecule is COCCNC(=O)C(C)C1CCC2(C)CCC(NC(=O)c3cnccn3)C(C)C2C1O. The smallest absolute Gasteiger partial charge is 0.271 e. The first-order valence-corrected chi connectivity index (χ1v) is 11.3. The largest absolute Gasteiger partial charge is 0.392 e. The van der Waals surface area contributed by atoms with Crippen molar-refractivity contribution in [3.05, 3.63) is 24.3 Å². The van der Waals surface area contributed by atoms with Gasteiger partial charge in [0.05, 0.1) is 18.9 Å². The Hall–Kier alpha value is -2.06. The minimum absolute atomic E-state index is 0.00929. The van der Waals surface area contributed by atoms with E-state index < -0.39 is 6.10 Å². The van der Waals surface area contributed by atoms with Gasteiger partial charge >= 0.3 is 0 Å². The number of aliphatic hydroxyl groups is 1. The highest BCUT2D eigenvalue weighted by Gasteiger charge is 2.53. The molecule has 7 atom stereocenters. The zero-order valence-corrected chi connectivity index (χ0v) is 19.0. The molecule has 0 radical (unpaired) electrons. The van der Waals surface area contributed by atoms with Crippen LogP contribution in [0.3, 0.4) is 0 Å². The number of nitrogens with one attached hydrogen (secondary N) is 2. The maximum atomic E-state index is 12.6. The number of carbonyl (C=O) groups excluding carboxylic acids is 2.